The molecule has 7 heteroatoms. The first kappa shape index (κ1) is 18.9. The van der Waals surface area contributed by atoms with Gasteiger partial charge < -0.3 is 10.6 Å². The summed E-state index contributed by atoms with van der Waals surface area (Å²) in [7, 11) is -1.92. The summed E-state index contributed by atoms with van der Waals surface area (Å²) in [6, 6.07) is 19.3. The largest absolute Gasteiger partial charge is 0.351 e. The average Bonchev–Trinajstić information content (AvgIpc) is 2.67. The van der Waals surface area contributed by atoms with Gasteiger partial charge in [-0.3, -0.25) is 9.52 Å². The quantitative estimate of drug-likeness (QED) is 0.585. The highest BCUT2D eigenvalue weighted by molar-refractivity contribution is 7.92. The molecule has 140 valence electrons. The van der Waals surface area contributed by atoms with Gasteiger partial charge in [-0.25, -0.2) is 8.42 Å². The molecule has 0 aromatic heterocycles. The molecule has 3 aromatic carbocycles. The van der Waals surface area contributed by atoms with E-state index in [1.54, 1.807) is 49.5 Å². The number of amides is 1. The van der Waals surface area contributed by atoms with Crippen LogP contribution in [-0.4, -0.2) is 27.9 Å². The number of likely N-dealkylation sites (N-methyl/N-ethyl adjacent to an activating group) is 1. The highest BCUT2D eigenvalue weighted by Crippen LogP contribution is 2.24. The van der Waals surface area contributed by atoms with Crippen molar-refractivity contribution in [2.45, 2.75) is 11.4 Å². The third kappa shape index (κ3) is 4.64. The lowest BCUT2D eigenvalue weighted by Crippen LogP contribution is -2.31. The Balaban J connectivity index is 1.83. The molecule has 3 rings (SSSR count). The molecule has 0 fully saturated rings. The van der Waals surface area contributed by atoms with Crippen molar-refractivity contribution >= 4 is 32.4 Å². The van der Waals surface area contributed by atoms with E-state index in [1.807, 2.05) is 24.3 Å². The molecular formula is C20H21N3O3S. The molecule has 0 aliphatic rings. The van der Waals surface area contributed by atoms with Crippen molar-refractivity contribution in [3.05, 3.63) is 72.3 Å². The predicted molar refractivity (Wildman–Crippen MR) is 107 cm³/mol. The maximum atomic E-state index is 12.5. The van der Waals surface area contributed by atoms with E-state index in [-0.39, 0.29) is 17.3 Å². The van der Waals surface area contributed by atoms with E-state index in [2.05, 4.69) is 15.4 Å². The van der Waals surface area contributed by atoms with Crippen LogP contribution in [0.2, 0.25) is 0 Å². The number of rotatable bonds is 7. The van der Waals surface area contributed by atoms with E-state index in [0.29, 0.717) is 12.2 Å². The number of anilines is 1. The Labute approximate surface area is 158 Å². The van der Waals surface area contributed by atoms with Crippen molar-refractivity contribution in [3.63, 3.8) is 0 Å². The summed E-state index contributed by atoms with van der Waals surface area (Å²) >= 11 is 0. The van der Waals surface area contributed by atoms with Crippen LogP contribution in [0, 0.1) is 0 Å². The van der Waals surface area contributed by atoms with Gasteiger partial charge in [-0.1, -0.05) is 42.5 Å². The molecule has 0 bridgehead atoms. The minimum absolute atomic E-state index is 0.0817. The van der Waals surface area contributed by atoms with E-state index >= 15 is 0 Å². The van der Waals surface area contributed by atoms with Crippen LogP contribution >= 0.6 is 0 Å². The molecule has 0 aliphatic heterocycles. The van der Waals surface area contributed by atoms with Crippen LogP contribution in [-0.2, 0) is 21.4 Å². The lowest BCUT2D eigenvalue weighted by Gasteiger charge is -2.11. The highest BCUT2D eigenvalue weighted by atomic mass is 32.2. The summed E-state index contributed by atoms with van der Waals surface area (Å²) in [6.45, 7) is 0.670. The first-order valence-corrected chi connectivity index (χ1v) is 9.99. The molecule has 0 saturated carbocycles. The van der Waals surface area contributed by atoms with Gasteiger partial charge >= 0.3 is 0 Å². The molecule has 0 radical (unpaired) electrons. The molecular weight excluding hydrogens is 362 g/mol. The van der Waals surface area contributed by atoms with E-state index in [1.165, 1.54) is 0 Å². The van der Waals surface area contributed by atoms with Gasteiger partial charge in [0.2, 0.25) is 5.91 Å². The Morgan fingerprint density at radius 3 is 2.48 bits per heavy atom. The minimum atomic E-state index is -3.63. The third-order valence-electron chi connectivity index (χ3n) is 4.09. The molecule has 0 aliphatic carbocycles. The Hall–Kier alpha value is -2.90. The van der Waals surface area contributed by atoms with Gasteiger partial charge in [0.1, 0.15) is 0 Å². The second-order valence-electron chi connectivity index (χ2n) is 6.08. The number of hydrogen-bond acceptors (Lipinski definition) is 4. The molecule has 3 aromatic rings. The molecule has 0 saturated heterocycles. The number of carbonyl (C=O) groups is 1. The third-order valence-corrected chi connectivity index (χ3v) is 5.49. The summed E-state index contributed by atoms with van der Waals surface area (Å²) in [5.74, 6) is -0.0817. The Morgan fingerprint density at radius 1 is 0.963 bits per heavy atom. The van der Waals surface area contributed by atoms with Crippen LogP contribution in [0.15, 0.2) is 71.6 Å². The molecule has 6 nitrogen and oxygen atoms in total. The number of carbonyl (C=O) groups excluding carboxylic acids is 1. The zero-order valence-corrected chi connectivity index (χ0v) is 15.7. The Bertz CT molecular complexity index is 1050. The van der Waals surface area contributed by atoms with Crippen molar-refractivity contribution in [1.82, 2.24) is 10.6 Å². The normalized spacial score (nSPS) is 11.3. The number of sulfonamides is 1. The van der Waals surface area contributed by atoms with Crippen LogP contribution in [0.25, 0.3) is 10.8 Å². The van der Waals surface area contributed by atoms with Crippen LogP contribution in [0.1, 0.15) is 5.56 Å². The zero-order valence-electron chi connectivity index (χ0n) is 14.9. The van der Waals surface area contributed by atoms with Crippen LogP contribution in [0.5, 0.6) is 0 Å². The Morgan fingerprint density at radius 2 is 1.74 bits per heavy atom. The fraction of sp³-hybridized carbons (Fsp3) is 0.150. The lowest BCUT2D eigenvalue weighted by molar-refractivity contribution is -0.120. The number of fused-ring (bicyclic) bond motifs is 1. The molecule has 0 unspecified atom stereocenters. The minimum Gasteiger partial charge on any atom is -0.351 e. The van der Waals surface area contributed by atoms with Gasteiger partial charge in [0.15, 0.2) is 0 Å². The summed E-state index contributed by atoms with van der Waals surface area (Å²) < 4.78 is 27.6. The first-order valence-electron chi connectivity index (χ1n) is 8.50. The molecule has 1 amide bonds. The molecule has 27 heavy (non-hydrogen) atoms. The number of benzene rings is 3. The molecule has 0 spiro atoms. The predicted octanol–water partition coefficient (Wildman–Crippen LogP) is 2.48. The van der Waals surface area contributed by atoms with Gasteiger partial charge in [-0.2, -0.15) is 0 Å². The molecule has 0 atom stereocenters. The van der Waals surface area contributed by atoms with Crippen molar-refractivity contribution < 1.29 is 13.2 Å². The average molecular weight is 383 g/mol. The van der Waals surface area contributed by atoms with Gasteiger partial charge in [0.25, 0.3) is 10.0 Å². The second-order valence-corrected chi connectivity index (χ2v) is 7.76. The smallest absolute Gasteiger partial charge is 0.261 e. The van der Waals surface area contributed by atoms with Crippen LogP contribution < -0.4 is 15.4 Å². The lowest BCUT2D eigenvalue weighted by atomic mass is 10.0. The van der Waals surface area contributed by atoms with E-state index < -0.39 is 10.0 Å². The van der Waals surface area contributed by atoms with Crippen molar-refractivity contribution in [1.29, 1.82) is 0 Å². The van der Waals surface area contributed by atoms with Crippen molar-refractivity contribution in [2.75, 3.05) is 18.3 Å². The topological polar surface area (TPSA) is 87.3 Å². The van der Waals surface area contributed by atoms with Crippen molar-refractivity contribution in [2.24, 2.45) is 0 Å². The summed E-state index contributed by atoms with van der Waals surface area (Å²) in [5.41, 5.74) is 1.46. The summed E-state index contributed by atoms with van der Waals surface area (Å²) in [6.07, 6.45) is 0. The number of nitrogens with one attached hydrogen (secondary N) is 3. The van der Waals surface area contributed by atoms with Gasteiger partial charge in [0.05, 0.1) is 11.4 Å². The van der Waals surface area contributed by atoms with E-state index in [4.69, 9.17) is 0 Å². The van der Waals surface area contributed by atoms with E-state index in [9.17, 15) is 13.2 Å². The van der Waals surface area contributed by atoms with Gasteiger partial charge in [-0.05, 0) is 47.6 Å². The fourth-order valence-electron chi connectivity index (χ4n) is 2.80. The van der Waals surface area contributed by atoms with Gasteiger partial charge in [-0.15, -0.1) is 0 Å². The fourth-order valence-corrected chi connectivity index (χ4v) is 3.87. The number of hydrogen-bond donors (Lipinski definition) is 3. The summed E-state index contributed by atoms with van der Waals surface area (Å²) in [4.78, 5) is 11.9. The van der Waals surface area contributed by atoms with Gasteiger partial charge in [0, 0.05) is 12.2 Å². The van der Waals surface area contributed by atoms with Crippen molar-refractivity contribution in [3.8, 4) is 0 Å². The van der Waals surface area contributed by atoms with Crippen LogP contribution in [0.3, 0.4) is 0 Å². The standard InChI is InChI=1S/C20H21N3O3S/c1-21-14-20(24)22-13-16-7-5-6-15-12-17(10-11-19(15)16)23-27(25,26)18-8-3-2-4-9-18/h2-12,21,23H,13-14H2,1H3,(H,22,24). The highest BCUT2D eigenvalue weighted by Gasteiger charge is 2.14. The molecule has 3 N–H and O–H groups in total. The van der Waals surface area contributed by atoms with Crippen LogP contribution in [0.4, 0.5) is 5.69 Å². The first-order chi connectivity index (χ1) is 13.0. The van der Waals surface area contributed by atoms with E-state index in [0.717, 1.165) is 16.3 Å². The monoisotopic (exact) mass is 383 g/mol. The maximum Gasteiger partial charge on any atom is 0.261 e. The second kappa shape index (κ2) is 8.20. The Kier molecular flexibility index (Phi) is 5.73. The molecule has 0 heterocycles. The zero-order chi connectivity index (χ0) is 19.3. The maximum absolute atomic E-state index is 12.5. The summed E-state index contributed by atoms with van der Waals surface area (Å²) in [5, 5.41) is 7.51. The SMILES string of the molecule is CNCC(=O)NCc1cccc2cc(NS(=O)(=O)c3ccccc3)ccc12.